The molecule has 1 aromatic heterocycles. The molecule has 0 amide bonds. The maximum absolute atomic E-state index is 14.6. The largest absolute Gasteiger partial charge is 0.459 e. The number of thiol groups is 1. The SMILES string of the molecule is CC[C@H]1OC(=O)C(C)[C@@H](O[C@@H]2CC(C)[C@H](S)[C@](C)(OC)C2)[C@H](C)[C@@H](OC2OC(C)CC(N(C)CCc3cn(C(CO)C(OC)c4ccc(S(=O)(=O)C(F)F)cc4)nn3)[C@H]2N)[C@](C)(N)C[C@@H](C)CN(C)C(C)C(O)[C@]1(C)O. The third-order valence-corrected chi connectivity index (χ3v) is 19.4. The molecule has 0 bridgehead atoms. The second kappa shape index (κ2) is 26.4. The Morgan fingerprint density at radius 1 is 1.04 bits per heavy atom. The second-order valence-corrected chi connectivity index (χ2v) is 25.7. The lowest BCUT2D eigenvalue weighted by molar-refractivity contribution is -0.258. The van der Waals surface area contributed by atoms with Gasteiger partial charge in [0.1, 0.15) is 30.0 Å². The lowest BCUT2D eigenvalue weighted by Crippen LogP contribution is -2.64. The quantitative estimate of drug-likeness (QED) is 0.0938. The van der Waals surface area contributed by atoms with Crippen LogP contribution in [-0.4, -0.2) is 191 Å². The van der Waals surface area contributed by atoms with Crippen molar-refractivity contribution in [2.24, 2.45) is 35.1 Å². The Morgan fingerprint density at radius 3 is 2.26 bits per heavy atom. The third-order valence-electron chi connectivity index (χ3n) is 16.9. The summed E-state index contributed by atoms with van der Waals surface area (Å²) >= 11 is 4.96. The summed E-state index contributed by atoms with van der Waals surface area (Å²) in [5, 5.41) is 42.8. The third kappa shape index (κ3) is 14.5. The highest BCUT2D eigenvalue weighted by Gasteiger charge is 2.52. The van der Waals surface area contributed by atoms with E-state index in [-0.39, 0.29) is 41.8 Å². The van der Waals surface area contributed by atoms with Gasteiger partial charge in [0.05, 0.1) is 59.2 Å². The molecular weight excluding hydrogens is 1030 g/mol. The van der Waals surface area contributed by atoms with Gasteiger partial charge in [-0.05, 0) is 111 Å². The average molecular weight is 1120 g/mol. The van der Waals surface area contributed by atoms with Crippen molar-refractivity contribution in [2.75, 3.05) is 48.0 Å². The zero-order chi connectivity index (χ0) is 57.0. The number of alkyl halides is 2. The van der Waals surface area contributed by atoms with E-state index in [2.05, 4.69) is 29.1 Å². The van der Waals surface area contributed by atoms with Gasteiger partial charge in [-0.25, -0.2) is 13.1 Å². The standard InChI is InChI=1S/C53H91F2N7O12S2/c1-15-41-53(10,66)45(64)34(7)61(12)26-29(2)24-51(8,57)46(32(5)43(33(6)48(65)73-41)72-37-22-30(3)47(75)52(9,25-37)70-14)74-49-42(56)39(23-31(4)71-49)60(11)21-20-36-27-62(59-58-36)40(28-63)44(69-13)35-16-18-38(19-17-35)76(67,68)50(54)55/h16-19,27,29-34,37,39-47,49-50,63-64,66,75H,15,20-26,28,56-57H2,1-14H3/t29-,30?,31?,32+,33?,34?,37-,39?,40?,41-,42-,43+,44?,45?,46-,47+,49?,51-,52-,53-/m1/s1. The van der Waals surface area contributed by atoms with E-state index in [9.17, 15) is 37.3 Å². The van der Waals surface area contributed by atoms with Crippen LogP contribution in [0.2, 0.25) is 0 Å². The maximum atomic E-state index is 14.6. The molecule has 0 radical (unpaired) electrons. The zero-order valence-corrected chi connectivity index (χ0v) is 48.9. The first-order chi connectivity index (χ1) is 35.4. The number of esters is 1. The Bertz CT molecular complexity index is 2270. The monoisotopic (exact) mass is 1120 g/mol. The van der Waals surface area contributed by atoms with Gasteiger partial charge < -0.3 is 65.0 Å². The van der Waals surface area contributed by atoms with Gasteiger partial charge in [0.25, 0.3) is 0 Å². The van der Waals surface area contributed by atoms with Crippen LogP contribution in [0.4, 0.5) is 8.78 Å². The summed E-state index contributed by atoms with van der Waals surface area (Å²) < 4.78 is 90.9. The fourth-order valence-electron chi connectivity index (χ4n) is 12.2. The minimum Gasteiger partial charge on any atom is -0.459 e. The van der Waals surface area contributed by atoms with Gasteiger partial charge in [0, 0.05) is 75.1 Å². The van der Waals surface area contributed by atoms with Gasteiger partial charge in [-0.15, -0.1) is 5.10 Å². The van der Waals surface area contributed by atoms with E-state index in [1.807, 2.05) is 60.5 Å². The number of likely N-dealkylation sites (N-methyl/N-ethyl adjacent to an activating group) is 2. The van der Waals surface area contributed by atoms with Gasteiger partial charge >= 0.3 is 11.7 Å². The van der Waals surface area contributed by atoms with Crippen molar-refractivity contribution in [3.63, 3.8) is 0 Å². The van der Waals surface area contributed by atoms with Crippen LogP contribution >= 0.6 is 12.6 Å². The predicted molar refractivity (Wildman–Crippen MR) is 286 cm³/mol. The van der Waals surface area contributed by atoms with Crippen LogP contribution in [0.5, 0.6) is 0 Å². The number of aliphatic hydroxyl groups excluding tert-OH is 2. The summed E-state index contributed by atoms with van der Waals surface area (Å²) in [5.74, 6) is -5.61. The second-order valence-electron chi connectivity index (χ2n) is 23.2. The summed E-state index contributed by atoms with van der Waals surface area (Å²) in [6.45, 7) is 19.6. The molecule has 1 saturated carbocycles. The topological polar surface area (TPSA) is 257 Å². The Kier molecular flexibility index (Phi) is 22.3. The van der Waals surface area contributed by atoms with Crippen LogP contribution in [-0.2, 0) is 49.5 Å². The molecule has 5 rings (SSSR count). The molecule has 2 aliphatic heterocycles. The highest BCUT2D eigenvalue weighted by molar-refractivity contribution is 7.91. The number of rotatable bonds is 17. The number of hydrogen-bond donors (Lipinski definition) is 6. The first kappa shape index (κ1) is 64.3. The number of hydrogen-bond acceptors (Lipinski definition) is 19. The molecule has 3 heterocycles. The maximum Gasteiger partial charge on any atom is 0.341 e. The van der Waals surface area contributed by atoms with E-state index in [0.717, 1.165) is 12.1 Å². The van der Waals surface area contributed by atoms with Crippen molar-refractivity contribution in [3.8, 4) is 0 Å². The number of nitrogens with two attached hydrogens (primary N) is 2. The molecule has 2 saturated heterocycles. The van der Waals surface area contributed by atoms with Gasteiger partial charge in [0.2, 0.25) is 9.84 Å². The van der Waals surface area contributed by atoms with Gasteiger partial charge in [-0.3, -0.25) is 4.79 Å². The number of cyclic esters (lactones) is 1. The number of nitrogens with zero attached hydrogens (tertiary/aromatic N) is 5. The van der Waals surface area contributed by atoms with Crippen LogP contribution in [0, 0.1) is 23.7 Å². The van der Waals surface area contributed by atoms with Crippen LogP contribution in [0.3, 0.4) is 0 Å². The lowest BCUT2D eigenvalue weighted by Gasteiger charge is -2.50. The highest BCUT2D eigenvalue weighted by atomic mass is 32.2. The Morgan fingerprint density at radius 2 is 1.68 bits per heavy atom. The number of halogens is 2. The summed E-state index contributed by atoms with van der Waals surface area (Å²) in [4.78, 5) is 18.2. The zero-order valence-electron chi connectivity index (χ0n) is 47.2. The molecule has 1 aromatic carbocycles. The Balaban J connectivity index is 1.43. The minimum absolute atomic E-state index is 0.0499. The number of carbonyl (C=O) groups is 1. The number of benzene rings is 1. The van der Waals surface area contributed by atoms with Crippen molar-refractivity contribution in [3.05, 3.63) is 41.7 Å². The Labute approximate surface area is 455 Å². The molecule has 76 heavy (non-hydrogen) atoms. The van der Waals surface area contributed by atoms with Crippen molar-refractivity contribution in [2.45, 2.75) is 214 Å². The number of sulfone groups is 1. The molecular formula is C53H91F2N7O12S2. The summed E-state index contributed by atoms with van der Waals surface area (Å²) in [5.41, 5.74) is 12.3. The van der Waals surface area contributed by atoms with E-state index >= 15 is 0 Å². The number of aromatic nitrogens is 3. The molecule has 9 unspecified atom stereocenters. The van der Waals surface area contributed by atoms with E-state index in [1.54, 1.807) is 20.2 Å². The van der Waals surface area contributed by atoms with Crippen LogP contribution in [0.25, 0.3) is 0 Å². The van der Waals surface area contributed by atoms with E-state index in [4.69, 9.17) is 52.5 Å². The fraction of sp³-hybridized carbons (Fsp3) is 0.830. The smallest absolute Gasteiger partial charge is 0.341 e. The number of methoxy groups -OCH3 is 2. The van der Waals surface area contributed by atoms with Crippen LogP contribution in [0.15, 0.2) is 35.4 Å². The molecule has 23 heteroatoms. The van der Waals surface area contributed by atoms with Gasteiger partial charge in [-0.1, -0.05) is 45.0 Å². The molecule has 0 spiro atoms. The van der Waals surface area contributed by atoms with Crippen molar-refractivity contribution in [1.29, 1.82) is 0 Å². The highest BCUT2D eigenvalue weighted by Crippen LogP contribution is 2.43. The molecule has 3 fully saturated rings. The Hall–Kier alpha value is -2.49. The predicted octanol–water partition coefficient (Wildman–Crippen LogP) is 4.56. The summed E-state index contributed by atoms with van der Waals surface area (Å²) in [7, 11) is 2.13. The average Bonchev–Trinajstić information content (AvgIpc) is 3.84. The molecule has 2 aromatic rings. The van der Waals surface area contributed by atoms with Crippen LogP contribution < -0.4 is 11.5 Å². The molecule has 1 aliphatic carbocycles. The summed E-state index contributed by atoms with van der Waals surface area (Å²) in [6.07, 6.45) is -1.89. The van der Waals surface area contributed by atoms with Crippen molar-refractivity contribution in [1.82, 2.24) is 24.8 Å². The minimum atomic E-state index is -4.80. The van der Waals surface area contributed by atoms with Gasteiger partial charge in [-0.2, -0.15) is 21.4 Å². The van der Waals surface area contributed by atoms with Crippen LogP contribution in [0.1, 0.15) is 125 Å². The number of carbonyl (C=O) groups excluding carboxylic acids is 1. The van der Waals surface area contributed by atoms with E-state index in [0.29, 0.717) is 56.5 Å². The number of ether oxygens (including phenoxy) is 6. The molecule has 7 N–H and O–H groups in total. The van der Waals surface area contributed by atoms with Crippen molar-refractivity contribution >= 4 is 28.4 Å². The van der Waals surface area contributed by atoms with Crippen molar-refractivity contribution < 1.29 is 65.7 Å². The first-order valence-corrected chi connectivity index (χ1v) is 28.9. The molecule has 19 nitrogen and oxygen atoms in total. The summed E-state index contributed by atoms with van der Waals surface area (Å²) in [6, 6.07) is 2.63. The van der Waals surface area contributed by atoms with Gasteiger partial charge in [0.15, 0.2) is 6.29 Å². The van der Waals surface area contributed by atoms with E-state index in [1.165, 1.54) is 30.8 Å². The van der Waals surface area contributed by atoms with E-state index < -0.39 is 117 Å². The number of aliphatic hydroxyl groups is 3. The normalized spacial score (nSPS) is 38.8. The molecule has 436 valence electrons. The molecule has 20 atom stereocenters. The lowest BCUT2D eigenvalue weighted by atomic mass is 9.75. The molecule has 3 aliphatic rings. The first-order valence-electron chi connectivity index (χ1n) is 26.8. The fourth-order valence-corrected chi connectivity index (χ4v) is 13.3.